The SMILES string of the molecule is CCOc1cc(C(=S)N2CCN(c3ccc(F)cc3)CC2)ccc1OCC(=O)Nc1ccccc1Cl. The summed E-state index contributed by atoms with van der Waals surface area (Å²) in [5.41, 5.74) is 2.37. The molecule has 6 nitrogen and oxygen atoms in total. The average Bonchev–Trinajstić information content (AvgIpc) is 2.89. The summed E-state index contributed by atoms with van der Waals surface area (Å²) in [6.07, 6.45) is 0. The standard InChI is InChI=1S/C27H27ClFN3O3S/c1-2-34-25-17-19(7-12-24(25)35-18-26(33)30-23-6-4-3-5-22(23)28)27(36)32-15-13-31(14-16-32)21-10-8-20(29)9-11-21/h3-12,17H,2,13-16,18H2,1H3,(H,30,33). The minimum absolute atomic E-state index is 0.194. The number of para-hydroxylation sites is 1. The number of hydrogen-bond donors (Lipinski definition) is 1. The first-order valence-corrected chi connectivity index (χ1v) is 12.5. The van der Waals surface area contributed by atoms with Crippen molar-refractivity contribution in [2.75, 3.05) is 49.6 Å². The van der Waals surface area contributed by atoms with E-state index in [0.717, 1.165) is 42.4 Å². The maximum absolute atomic E-state index is 13.2. The molecule has 1 aliphatic rings. The summed E-state index contributed by atoms with van der Waals surface area (Å²) < 4.78 is 24.7. The van der Waals surface area contributed by atoms with Crippen molar-refractivity contribution in [1.82, 2.24) is 4.90 Å². The Kier molecular flexibility index (Phi) is 8.61. The third kappa shape index (κ3) is 6.44. The van der Waals surface area contributed by atoms with Crippen LogP contribution in [0.3, 0.4) is 0 Å². The molecule has 4 rings (SSSR count). The van der Waals surface area contributed by atoms with Crippen LogP contribution in [0.2, 0.25) is 5.02 Å². The lowest BCUT2D eigenvalue weighted by Gasteiger charge is -2.37. The van der Waals surface area contributed by atoms with Gasteiger partial charge in [-0.15, -0.1) is 0 Å². The van der Waals surface area contributed by atoms with Crippen molar-refractivity contribution in [3.63, 3.8) is 0 Å². The van der Waals surface area contributed by atoms with E-state index in [-0.39, 0.29) is 18.3 Å². The van der Waals surface area contributed by atoms with Gasteiger partial charge in [0.15, 0.2) is 18.1 Å². The lowest BCUT2D eigenvalue weighted by molar-refractivity contribution is -0.118. The molecule has 0 bridgehead atoms. The van der Waals surface area contributed by atoms with Crippen LogP contribution in [0.4, 0.5) is 15.8 Å². The summed E-state index contributed by atoms with van der Waals surface area (Å²) in [6, 6.07) is 19.0. The molecule has 1 aliphatic heterocycles. The van der Waals surface area contributed by atoms with Crippen LogP contribution in [-0.2, 0) is 4.79 Å². The first kappa shape index (κ1) is 25.7. The molecule has 1 N–H and O–H groups in total. The first-order chi connectivity index (χ1) is 17.4. The second-order valence-electron chi connectivity index (χ2n) is 8.17. The molecule has 0 unspecified atom stereocenters. The van der Waals surface area contributed by atoms with Crippen molar-refractivity contribution < 1.29 is 18.7 Å². The molecule has 1 amide bonds. The largest absolute Gasteiger partial charge is 0.490 e. The maximum atomic E-state index is 13.2. The first-order valence-electron chi connectivity index (χ1n) is 11.7. The van der Waals surface area contributed by atoms with Crippen molar-refractivity contribution in [1.29, 1.82) is 0 Å². The zero-order valence-corrected chi connectivity index (χ0v) is 21.4. The molecule has 1 heterocycles. The number of nitrogens with zero attached hydrogens (tertiary/aromatic N) is 2. The van der Waals surface area contributed by atoms with Gasteiger partial charge in [-0.2, -0.15) is 0 Å². The lowest BCUT2D eigenvalue weighted by Crippen LogP contribution is -2.48. The minimum atomic E-state index is -0.329. The number of amides is 1. The van der Waals surface area contributed by atoms with E-state index in [1.54, 1.807) is 42.5 Å². The van der Waals surface area contributed by atoms with E-state index in [1.807, 2.05) is 19.1 Å². The van der Waals surface area contributed by atoms with Crippen molar-refractivity contribution in [2.24, 2.45) is 0 Å². The summed E-state index contributed by atoms with van der Waals surface area (Å²) in [5.74, 6) is 0.410. The number of ether oxygens (including phenoxy) is 2. The Bertz CT molecular complexity index is 1220. The van der Waals surface area contributed by atoms with Gasteiger partial charge in [0, 0.05) is 37.4 Å². The molecule has 1 saturated heterocycles. The van der Waals surface area contributed by atoms with E-state index in [2.05, 4.69) is 15.1 Å². The molecule has 9 heteroatoms. The van der Waals surface area contributed by atoms with Gasteiger partial charge in [0.05, 0.1) is 17.3 Å². The van der Waals surface area contributed by atoms with E-state index in [1.165, 1.54) is 12.1 Å². The van der Waals surface area contributed by atoms with Gasteiger partial charge in [-0.25, -0.2) is 4.39 Å². The number of piperazine rings is 1. The highest BCUT2D eigenvalue weighted by atomic mass is 35.5. The zero-order valence-electron chi connectivity index (χ0n) is 19.9. The summed E-state index contributed by atoms with van der Waals surface area (Å²) in [7, 11) is 0. The van der Waals surface area contributed by atoms with Crippen LogP contribution in [0.15, 0.2) is 66.7 Å². The Morgan fingerprint density at radius 2 is 1.72 bits per heavy atom. The van der Waals surface area contributed by atoms with Crippen molar-refractivity contribution in [2.45, 2.75) is 6.92 Å². The van der Waals surface area contributed by atoms with Gasteiger partial charge >= 0.3 is 0 Å². The number of benzene rings is 3. The van der Waals surface area contributed by atoms with Crippen LogP contribution in [-0.4, -0.2) is 55.2 Å². The molecule has 3 aromatic rings. The Balaban J connectivity index is 1.37. The summed E-state index contributed by atoms with van der Waals surface area (Å²) in [4.78, 5) is 17.4. The molecule has 188 valence electrons. The molecule has 0 aromatic heterocycles. The predicted octanol–water partition coefficient (Wildman–Crippen LogP) is 5.39. The van der Waals surface area contributed by atoms with Crippen molar-refractivity contribution in [3.8, 4) is 11.5 Å². The van der Waals surface area contributed by atoms with E-state index in [4.69, 9.17) is 33.3 Å². The number of nitrogens with one attached hydrogen (secondary N) is 1. The van der Waals surface area contributed by atoms with E-state index >= 15 is 0 Å². The topological polar surface area (TPSA) is 54.0 Å². The second-order valence-corrected chi connectivity index (χ2v) is 8.96. The third-order valence-corrected chi connectivity index (χ3v) is 6.58. The number of carbonyl (C=O) groups is 1. The average molecular weight is 528 g/mol. The van der Waals surface area contributed by atoms with Gasteiger partial charge in [0.1, 0.15) is 10.8 Å². The second kappa shape index (κ2) is 12.1. The van der Waals surface area contributed by atoms with Gasteiger partial charge in [0.25, 0.3) is 5.91 Å². The Hall–Kier alpha value is -3.36. The van der Waals surface area contributed by atoms with Crippen LogP contribution < -0.4 is 19.7 Å². The van der Waals surface area contributed by atoms with Gasteiger partial charge in [-0.05, 0) is 61.5 Å². The van der Waals surface area contributed by atoms with Gasteiger partial charge in [0.2, 0.25) is 0 Å². The number of thiocarbonyl (C=S) groups is 1. The zero-order chi connectivity index (χ0) is 25.5. The third-order valence-electron chi connectivity index (χ3n) is 5.76. The lowest BCUT2D eigenvalue weighted by atomic mass is 10.1. The van der Waals surface area contributed by atoms with Gasteiger partial charge in [-0.1, -0.05) is 36.0 Å². The van der Waals surface area contributed by atoms with Crippen LogP contribution >= 0.6 is 23.8 Å². The Labute approximate surface area is 220 Å². The number of anilines is 2. The summed E-state index contributed by atoms with van der Waals surface area (Å²) >= 11 is 11.9. The summed E-state index contributed by atoms with van der Waals surface area (Å²) in [6.45, 7) is 5.20. The molecule has 0 radical (unpaired) electrons. The van der Waals surface area contributed by atoms with Crippen molar-refractivity contribution in [3.05, 3.63) is 83.1 Å². The molecule has 0 saturated carbocycles. The number of halogens is 2. The maximum Gasteiger partial charge on any atom is 0.262 e. The number of carbonyl (C=O) groups excluding carboxylic acids is 1. The fourth-order valence-corrected chi connectivity index (χ4v) is 4.42. The molecular formula is C27H27ClFN3O3S. The van der Waals surface area contributed by atoms with E-state index in [0.29, 0.717) is 28.8 Å². The molecule has 0 aliphatic carbocycles. The predicted molar refractivity (Wildman–Crippen MR) is 145 cm³/mol. The quantitative estimate of drug-likeness (QED) is 0.396. The normalized spacial score (nSPS) is 13.3. The molecule has 0 spiro atoms. The molecule has 3 aromatic carbocycles. The highest BCUT2D eigenvalue weighted by Gasteiger charge is 2.21. The van der Waals surface area contributed by atoms with Crippen LogP contribution in [0.5, 0.6) is 11.5 Å². The number of hydrogen-bond acceptors (Lipinski definition) is 5. The van der Waals surface area contributed by atoms with Crippen LogP contribution in [0.1, 0.15) is 12.5 Å². The molecule has 1 fully saturated rings. The smallest absolute Gasteiger partial charge is 0.262 e. The molecule has 0 atom stereocenters. The summed E-state index contributed by atoms with van der Waals surface area (Å²) in [5, 5.41) is 3.19. The minimum Gasteiger partial charge on any atom is -0.490 e. The van der Waals surface area contributed by atoms with Gasteiger partial charge in [-0.3, -0.25) is 4.79 Å². The Morgan fingerprint density at radius 3 is 2.42 bits per heavy atom. The fourth-order valence-electron chi connectivity index (χ4n) is 3.92. The molecular weight excluding hydrogens is 501 g/mol. The fraction of sp³-hybridized carbons (Fsp3) is 0.259. The molecule has 36 heavy (non-hydrogen) atoms. The Morgan fingerprint density at radius 1 is 1.00 bits per heavy atom. The number of rotatable bonds is 8. The highest BCUT2D eigenvalue weighted by molar-refractivity contribution is 7.80. The van der Waals surface area contributed by atoms with Crippen LogP contribution in [0, 0.1) is 5.82 Å². The van der Waals surface area contributed by atoms with Crippen LogP contribution in [0.25, 0.3) is 0 Å². The van der Waals surface area contributed by atoms with E-state index < -0.39 is 0 Å². The highest BCUT2D eigenvalue weighted by Crippen LogP contribution is 2.30. The van der Waals surface area contributed by atoms with E-state index in [9.17, 15) is 9.18 Å². The van der Waals surface area contributed by atoms with Gasteiger partial charge < -0.3 is 24.6 Å². The van der Waals surface area contributed by atoms with Crippen molar-refractivity contribution >= 4 is 46.1 Å². The monoisotopic (exact) mass is 527 g/mol.